The second kappa shape index (κ2) is 6.91. The van der Waals surface area contributed by atoms with Gasteiger partial charge in [-0.05, 0) is 37.1 Å². The number of ether oxygens (including phenoxy) is 2. The molecule has 2 atom stereocenters. The van der Waals surface area contributed by atoms with E-state index in [0.717, 1.165) is 42.9 Å². The minimum absolute atomic E-state index is 0.0842. The summed E-state index contributed by atoms with van der Waals surface area (Å²) >= 11 is 0. The Kier molecular flexibility index (Phi) is 5.20. The average Bonchev–Trinajstić information content (AvgIpc) is 2.49. The fourth-order valence-corrected chi connectivity index (χ4v) is 2.86. The van der Waals surface area contributed by atoms with Gasteiger partial charge in [0.15, 0.2) is 0 Å². The van der Waals surface area contributed by atoms with Gasteiger partial charge in [0, 0.05) is 31.3 Å². The molecule has 1 aromatic rings. The molecule has 0 saturated carbocycles. The van der Waals surface area contributed by atoms with Crippen LogP contribution in [0, 0.1) is 11.3 Å². The van der Waals surface area contributed by atoms with Crippen molar-refractivity contribution in [2.75, 3.05) is 27.3 Å². The number of nitrogens with two attached hydrogens (primary N) is 1. The third-order valence-electron chi connectivity index (χ3n) is 4.26. The van der Waals surface area contributed by atoms with E-state index < -0.39 is 0 Å². The van der Waals surface area contributed by atoms with E-state index in [1.165, 1.54) is 0 Å². The monoisotopic (exact) mass is 291 g/mol. The van der Waals surface area contributed by atoms with E-state index in [0.29, 0.717) is 5.92 Å². The Balaban J connectivity index is 2.14. The lowest BCUT2D eigenvalue weighted by molar-refractivity contribution is -0.00762. The van der Waals surface area contributed by atoms with Crippen molar-refractivity contribution in [2.45, 2.75) is 26.0 Å². The van der Waals surface area contributed by atoms with E-state index in [1.807, 2.05) is 18.2 Å². The molecule has 0 aliphatic carbocycles. The van der Waals surface area contributed by atoms with Gasteiger partial charge in [-0.2, -0.15) is 0 Å². The fourth-order valence-electron chi connectivity index (χ4n) is 2.86. The standard InChI is InChI=1S/C16H25N3O2/c1-11-6-7-19(10-15(11)21-3)9-13-8-12(16(17)18)4-5-14(13)20-2/h4-5,8,11,15H,6-7,9-10H2,1-3H3,(H3,17,18). The number of hydrogen-bond donors (Lipinski definition) is 2. The molecule has 0 amide bonds. The summed E-state index contributed by atoms with van der Waals surface area (Å²) in [5.41, 5.74) is 7.38. The first-order valence-electron chi connectivity index (χ1n) is 7.31. The van der Waals surface area contributed by atoms with Crippen LogP contribution in [0.15, 0.2) is 18.2 Å². The van der Waals surface area contributed by atoms with Crippen LogP contribution in [0.1, 0.15) is 24.5 Å². The van der Waals surface area contributed by atoms with Crippen LogP contribution in [0.3, 0.4) is 0 Å². The van der Waals surface area contributed by atoms with Crippen molar-refractivity contribution in [3.63, 3.8) is 0 Å². The van der Waals surface area contributed by atoms with Crippen LogP contribution in [0.5, 0.6) is 5.75 Å². The van der Waals surface area contributed by atoms with Gasteiger partial charge in [-0.25, -0.2) is 0 Å². The van der Waals surface area contributed by atoms with Gasteiger partial charge in [0.25, 0.3) is 0 Å². The summed E-state index contributed by atoms with van der Waals surface area (Å²) in [5, 5.41) is 7.57. The highest BCUT2D eigenvalue weighted by atomic mass is 16.5. The van der Waals surface area contributed by atoms with Crippen LogP contribution in [0.4, 0.5) is 0 Å². The molecule has 2 rings (SSSR count). The number of hydrogen-bond acceptors (Lipinski definition) is 4. The lowest BCUT2D eigenvalue weighted by atomic mass is 9.95. The second-order valence-electron chi connectivity index (χ2n) is 5.72. The van der Waals surface area contributed by atoms with Crippen molar-refractivity contribution >= 4 is 5.84 Å². The number of nitrogens with one attached hydrogen (secondary N) is 1. The summed E-state index contributed by atoms with van der Waals surface area (Å²) in [5.74, 6) is 1.52. The van der Waals surface area contributed by atoms with Crippen molar-refractivity contribution in [2.24, 2.45) is 11.7 Å². The molecule has 5 nitrogen and oxygen atoms in total. The molecule has 0 bridgehead atoms. The number of piperidine rings is 1. The Labute approximate surface area is 126 Å². The minimum Gasteiger partial charge on any atom is -0.496 e. The minimum atomic E-state index is 0.0842. The molecule has 1 aliphatic heterocycles. The Morgan fingerprint density at radius 3 is 2.81 bits per heavy atom. The van der Waals surface area contributed by atoms with Crippen molar-refractivity contribution in [1.82, 2.24) is 4.90 Å². The molecular weight excluding hydrogens is 266 g/mol. The molecule has 2 unspecified atom stereocenters. The number of methoxy groups -OCH3 is 2. The van der Waals surface area contributed by atoms with Crippen LogP contribution in [-0.4, -0.2) is 44.1 Å². The molecule has 0 spiro atoms. The van der Waals surface area contributed by atoms with Gasteiger partial charge in [0.1, 0.15) is 11.6 Å². The molecule has 1 aliphatic rings. The first-order valence-corrected chi connectivity index (χ1v) is 7.31. The highest BCUT2D eigenvalue weighted by Crippen LogP contribution is 2.25. The Bertz CT molecular complexity index is 504. The maximum atomic E-state index is 7.57. The van der Waals surface area contributed by atoms with Crippen molar-refractivity contribution < 1.29 is 9.47 Å². The molecule has 0 radical (unpaired) electrons. The third-order valence-corrected chi connectivity index (χ3v) is 4.26. The quantitative estimate of drug-likeness (QED) is 0.641. The van der Waals surface area contributed by atoms with E-state index in [9.17, 15) is 0 Å². The molecule has 1 saturated heterocycles. The van der Waals surface area contributed by atoms with Crippen LogP contribution in [0.25, 0.3) is 0 Å². The van der Waals surface area contributed by atoms with E-state index in [1.54, 1.807) is 14.2 Å². The van der Waals surface area contributed by atoms with Gasteiger partial charge in [-0.15, -0.1) is 0 Å². The topological polar surface area (TPSA) is 71.6 Å². The first-order chi connectivity index (χ1) is 10.0. The van der Waals surface area contributed by atoms with Crippen LogP contribution in [0.2, 0.25) is 0 Å². The summed E-state index contributed by atoms with van der Waals surface area (Å²) < 4.78 is 11.0. The maximum Gasteiger partial charge on any atom is 0.123 e. The van der Waals surface area contributed by atoms with Crippen LogP contribution >= 0.6 is 0 Å². The highest BCUT2D eigenvalue weighted by molar-refractivity contribution is 5.95. The van der Waals surface area contributed by atoms with Crippen LogP contribution in [-0.2, 0) is 11.3 Å². The van der Waals surface area contributed by atoms with Crippen molar-refractivity contribution in [1.29, 1.82) is 5.41 Å². The smallest absolute Gasteiger partial charge is 0.123 e. The summed E-state index contributed by atoms with van der Waals surface area (Å²) in [6.07, 6.45) is 1.41. The van der Waals surface area contributed by atoms with Gasteiger partial charge in [0.2, 0.25) is 0 Å². The Morgan fingerprint density at radius 1 is 1.43 bits per heavy atom. The average molecular weight is 291 g/mol. The molecule has 116 valence electrons. The number of amidine groups is 1. The zero-order valence-electron chi connectivity index (χ0n) is 13.1. The number of nitrogens with zero attached hydrogens (tertiary/aromatic N) is 1. The largest absolute Gasteiger partial charge is 0.496 e. The SMILES string of the molecule is COc1ccc(C(=N)N)cc1CN1CCC(C)C(OC)C1. The third kappa shape index (κ3) is 3.74. The Hall–Kier alpha value is -1.59. The predicted octanol–water partition coefficient (Wildman–Crippen LogP) is 1.84. The molecule has 1 heterocycles. The van der Waals surface area contributed by atoms with Gasteiger partial charge < -0.3 is 15.2 Å². The second-order valence-corrected chi connectivity index (χ2v) is 5.72. The van der Waals surface area contributed by atoms with E-state index in [2.05, 4.69) is 11.8 Å². The zero-order chi connectivity index (χ0) is 15.4. The number of likely N-dealkylation sites (tertiary alicyclic amines) is 1. The van der Waals surface area contributed by atoms with E-state index in [-0.39, 0.29) is 11.9 Å². The van der Waals surface area contributed by atoms with Crippen molar-refractivity contribution in [3.8, 4) is 5.75 Å². The number of rotatable bonds is 5. The molecule has 3 N–H and O–H groups in total. The summed E-state index contributed by atoms with van der Waals surface area (Å²) in [7, 11) is 3.45. The maximum absolute atomic E-state index is 7.57. The normalized spacial score (nSPS) is 23.0. The number of benzene rings is 1. The highest BCUT2D eigenvalue weighted by Gasteiger charge is 2.26. The summed E-state index contributed by atoms with van der Waals surface area (Å²) in [6.45, 7) is 5.00. The van der Waals surface area contributed by atoms with Gasteiger partial charge in [-0.1, -0.05) is 6.92 Å². The fraction of sp³-hybridized carbons (Fsp3) is 0.562. The van der Waals surface area contributed by atoms with Gasteiger partial charge in [0.05, 0.1) is 13.2 Å². The molecule has 5 heteroatoms. The zero-order valence-corrected chi connectivity index (χ0v) is 13.1. The molecule has 1 fully saturated rings. The number of nitrogen functional groups attached to an aromatic ring is 1. The summed E-state index contributed by atoms with van der Waals surface area (Å²) in [4.78, 5) is 2.37. The van der Waals surface area contributed by atoms with Crippen LogP contribution < -0.4 is 10.5 Å². The van der Waals surface area contributed by atoms with Crippen molar-refractivity contribution in [3.05, 3.63) is 29.3 Å². The van der Waals surface area contributed by atoms with E-state index >= 15 is 0 Å². The van der Waals surface area contributed by atoms with Gasteiger partial charge in [-0.3, -0.25) is 10.3 Å². The predicted molar refractivity (Wildman–Crippen MR) is 83.9 cm³/mol. The Morgan fingerprint density at radius 2 is 2.19 bits per heavy atom. The molecular formula is C16H25N3O2. The van der Waals surface area contributed by atoms with E-state index in [4.69, 9.17) is 20.6 Å². The molecule has 1 aromatic carbocycles. The molecule has 0 aromatic heterocycles. The van der Waals surface area contributed by atoms with Gasteiger partial charge >= 0.3 is 0 Å². The lowest BCUT2D eigenvalue weighted by Gasteiger charge is -2.36. The first kappa shape index (κ1) is 15.8. The summed E-state index contributed by atoms with van der Waals surface area (Å²) in [6, 6.07) is 5.65. The lowest BCUT2D eigenvalue weighted by Crippen LogP contribution is -2.43. The molecule has 21 heavy (non-hydrogen) atoms.